The summed E-state index contributed by atoms with van der Waals surface area (Å²) in [6.07, 6.45) is 3.03. The molecule has 0 radical (unpaired) electrons. The van der Waals surface area contributed by atoms with Gasteiger partial charge in [-0.1, -0.05) is 18.2 Å². The Bertz CT molecular complexity index is 898. The lowest BCUT2D eigenvalue weighted by Crippen LogP contribution is -2.44. The van der Waals surface area contributed by atoms with E-state index in [1.54, 1.807) is 0 Å². The first-order chi connectivity index (χ1) is 13.8. The monoisotopic (exact) mass is 379 g/mol. The first-order valence-corrected chi connectivity index (χ1v) is 10.1. The van der Waals surface area contributed by atoms with Crippen LogP contribution in [0.15, 0.2) is 24.3 Å². The highest BCUT2D eigenvalue weighted by Gasteiger charge is 2.44. The number of aromatic nitrogens is 3. The van der Waals surface area contributed by atoms with E-state index < -0.39 is 0 Å². The lowest BCUT2D eigenvalue weighted by atomic mass is 9.97. The molecule has 2 saturated heterocycles. The summed E-state index contributed by atoms with van der Waals surface area (Å²) < 4.78 is 14.1. The number of likely N-dealkylation sites (tertiary alicyclic amines) is 1. The predicted molar refractivity (Wildman–Crippen MR) is 101 cm³/mol. The molecule has 28 heavy (non-hydrogen) atoms. The lowest BCUT2D eigenvalue weighted by molar-refractivity contribution is -0.0835. The van der Waals surface area contributed by atoms with Gasteiger partial charge in [-0.2, -0.15) is 5.26 Å². The van der Waals surface area contributed by atoms with Crippen molar-refractivity contribution in [1.29, 1.82) is 5.26 Å². The number of hydrogen-bond donors (Lipinski definition) is 0. The fourth-order valence-electron chi connectivity index (χ4n) is 4.75. The van der Waals surface area contributed by atoms with E-state index >= 15 is 0 Å². The number of rotatable bonds is 3. The SMILES string of the molecule is N#Cc1ccccc1CN1CCC2(C1)Cn1c(nnc1C1CCOCC1)CO2. The van der Waals surface area contributed by atoms with Crippen LogP contribution in [0.5, 0.6) is 0 Å². The molecule has 0 amide bonds. The van der Waals surface area contributed by atoms with Crippen molar-refractivity contribution in [3.63, 3.8) is 0 Å². The van der Waals surface area contributed by atoms with E-state index in [0.717, 1.165) is 81.4 Å². The van der Waals surface area contributed by atoms with Crippen LogP contribution in [-0.2, 0) is 29.2 Å². The van der Waals surface area contributed by atoms with Gasteiger partial charge in [-0.05, 0) is 30.9 Å². The Morgan fingerprint density at radius 2 is 2.04 bits per heavy atom. The van der Waals surface area contributed by atoms with Crippen molar-refractivity contribution in [2.75, 3.05) is 26.3 Å². The molecule has 0 bridgehead atoms. The van der Waals surface area contributed by atoms with Gasteiger partial charge >= 0.3 is 0 Å². The Morgan fingerprint density at radius 3 is 2.89 bits per heavy atom. The fraction of sp³-hybridized carbons (Fsp3) is 0.571. The van der Waals surface area contributed by atoms with Crippen LogP contribution in [0.25, 0.3) is 0 Å². The van der Waals surface area contributed by atoms with Crippen LogP contribution < -0.4 is 0 Å². The number of nitrogens with zero attached hydrogens (tertiary/aromatic N) is 5. The van der Waals surface area contributed by atoms with E-state index in [4.69, 9.17) is 9.47 Å². The van der Waals surface area contributed by atoms with Gasteiger partial charge in [0.05, 0.1) is 18.2 Å². The topological polar surface area (TPSA) is 76.2 Å². The number of fused-ring (bicyclic) bond motifs is 1. The molecule has 3 aliphatic rings. The highest BCUT2D eigenvalue weighted by molar-refractivity contribution is 5.37. The molecule has 7 nitrogen and oxygen atoms in total. The van der Waals surface area contributed by atoms with E-state index in [-0.39, 0.29) is 5.60 Å². The van der Waals surface area contributed by atoms with Gasteiger partial charge in [-0.15, -0.1) is 10.2 Å². The summed E-state index contributed by atoms with van der Waals surface area (Å²) in [5.74, 6) is 2.49. The summed E-state index contributed by atoms with van der Waals surface area (Å²) in [5, 5.41) is 18.3. The minimum atomic E-state index is -0.184. The van der Waals surface area contributed by atoms with Gasteiger partial charge in [0.2, 0.25) is 0 Å². The maximum atomic E-state index is 9.36. The summed E-state index contributed by atoms with van der Waals surface area (Å²) in [6.45, 7) is 5.59. The van der Waals surface area contributed by atoms with Crippen LogP contribution in [0, 0.1) is 11.3 Å². The van der Waals surface area contributed by atoms with E-state index in [0.29, 0.717) is 12.5 Å². The van der Waals surface area contributed by atoms with Crippen molar-refractivity contribution in [1.82, 2.24) is 19.7 Å². The van der Waals surface area contributed by atoms with Gasteiger partial charge in [0, 0.05) is 38.8 Å². The smallest absolute Gasteiger partial charge is 0.159 e. The maximum Gasteiger partial charge on any atom is 0.159 e. The zero-order valence-corrected chi connectivity index (χ0v) is 16.0. The Hall–Kier alpha value is -2.27. The highest BCUT2D eigenvalue weighted by atomic mass is 16.5. The normalized spacial score (nSPS) is 25.7. The Kier molecular flexibility index (Phi) is 4.63. The van der Waals surface area contributed by atoms with Crippen molar-refractivity contribution in [2.45, 2.75) is 50.5 Å². The average molecular weight is 379 g/mol. The van der Waals surface area contributed by atoms with E-state index in [1.165, 1.54) is 0 Å². The second-order valence-corrected chi connectivity index (χ2v) is 8.15. The largest absolute Gasteiger partial charge is 0.381 e. The summed E-state index contributed by atoms with van der Waals surface area (Å²) in [4.78, 5) is 2.40. The van der Waals surface area contributed by atoms with E-state index in [2.05, 4.69) is 25.7 Å². The van der Waals surface area contributed by atoms with Crippen molar-refractivity contribution in [2.24, 2.45) is 0 Å². The zero-order chi connectivity index (χ0) is 19.0. The van der Waals surface area contributed by atoms with Gasteiger partial charge in [0.15, 0.2) is 5.82 Å². The second kappa shape index (κ2) is 7.28. The summed E-state index contributed by atoms with van der Waals surface area (Å²) >= 11 is 0. The summed E-state index contributed by atoms with van der Waals surface area (Å²) in [7, 11) is 0. The standard InChI is InChI=1S/C21H25N5O2/c22-11-17-3-1-2-4-18(17)12-25-8-7-21(14-25)15-26-19(13-28-21)23-24-20(26)16-5-9-27-10-6-16/h1-4,16H,5-10,12-15H2. The molecule has 1 spiro atoms. The minimum absolute atomic E-state index is 0.184. The van der Waals surface area contributed by atoms with Gasteiger partial charge < -0.3 is 14.0 Å². The van der Waals surface area contributed by atoms with Crippen LogP contribution >= 0.6 is 0 Å². The minimum Gasteiger partial charge on any atom is -0.381 e. The molecule has 3 aliphatic heterocycles. The molecule has 1 unspecified atom stereocenters. The van der Waals surface area contributed by atoms with E-state index in [9.17, 15) is 5.26 Å². The summed E-state index contributed by atoms with van der Waals surface area (Å²) in [6, 6.07) is 10.2. The Morgan fingerprint density at radius 1 is 1.18 bits per heavy atom. The zero-order valence-electron chi connectivity index (χ0n) is 16.0. The molecule has 4 heterocycles. The molecular weight excluding hydrogens is 354 g/mol. The van der Waals surface area contributed by atoms with Crippen LogP contribution in [0.4, 0.5) is 0 Å². The molecule has 0 aliphatic carbocycles. The fourth-order valence-corrected chi connectivity index (χ4v) is 4.75. The van der Waals surface area contributed by atoms with E-state index in [1.807, 2.05) is 24.3 Å². The first-order valence-electron chi connectivity index (χ1n) is 10.1. The maximum absolute atomic E-state index is 9.36. The van der Waals surface area contributed by atoms with Crippen molar-refractivity contribution in [3.05, 3.63) is 47.0 Å². The van der Waals surface area contributed by atoms with Gasteiger partial charge in [0.1, 0.15) is 18.0 Å². The van der Waals surface area contributed by atoms with Crippen molar-refractivity contribution in [3.8, 4) is 6.07 Å². The Labute approximate surface area is 164 Å². The molecule has 2 fully saturated rings. The third kappa shape index (κ3) is 3.22. The number of nitriles is 1. The molecule has 2 aromatic rings. The quantitative estimate of drug-likeness (QED) is 0.814. The molecule has 5 rings (SSSR count). The third-order valence-electron chi connectivity index (χ3n) is 6.32. The van der Waals surface area contributed by atoms with Crippen LogP contribution in [0.1, 0.15) is 48.0 Å². The molecule has 7 heteroatoms. The molecule has 1 atom stereocenters. The molecular formula is C21H25N5O2. The molecule has 0 N–H and O–H groups in total. The van der Waals surface area contributed by atoms with Crippen molar-refractivity contribution < 1.29 is 9.47 Å². The number of benzene rings is 1. The second-order valence-electron chi connectivity index (χ2n) is 8.15. The number of ether oxygens (including phenoxy) is 2. The number of hydrogen-bond acceptors (Lipinski definition) is 6. The van der Waals surface area contributed by atoms with Gasteiger partial charge in [-0.3, -0.25) is 4.90 Å². The van der Waals surface area contributed by atoms with Crippen molar-refractivity contribution >= 4 is 0 Å². The van der Waals surface area contributed by atoms with Gasteiger partial charge in [-0.25, -0.2) is 0 Å². The molecule has 1 aromatic carbocycles. The predicted octanol–water partition coefficient (Wildman–Crippen LogP) is 2.22. The average Bonchev–Trinajstić information content (AvgIpc) is 3.33. The first kappa shape index (κ1) is 17.8. The van der Waals surface area contributed by atoms with Gasteiger partial charge in [0.25, 0.3) is 0 Å². The van der Waals surface area contributed by atoms with Crippen LogP contribution in [0.2, 0.25) is 0 Å². The highest BCUT2D eigenvalue weighted by Crippen LogP contribution is 2.35. The Balaban J connectivity index is 1.32. The van der Waals surface area contributed by atoms with Crippen LogP contribution in [-0.4, -0.2) is 51.6 Å². The molecule has 1 aromatic heterocycles. The van der Waals surface area contributed by atoms with Crippen LogP contribution in [0.3, 0.4) is 0 Å². The summed E-state index contributed by atoms with van der Waals surface area (Å²) in [5.41, 5.74) is 1.67. The lowest BCUT2D eigenvalue weighted by Gasteiger charge is -2.35. The third-order valence-corrected chi connectivity index (χ3v) is 6.32. The molecule has 0 saturated carbocycles. The molecule has 146 valence electrons.